The van der Waals surface area contributed by atoms with Crippen LogP contribution in [0.5, 0.6) is 0 Å². The molecule has 12 heteroatoms. The highest BCUT2D eigenvalue weighted by molar-refractivity contribution is 8.13. The van der Waals surface area contributed by atoms with Crippen LogP contribution in [0.2, 0.25) is 5.02 Å². The van der Waals surface area contributed by atoms with E-state index >= 15 is 4.39 Å². The lowest BCUT2D eigenvalue weighted by atomic mass is 9.79. The van der Waals surface area contributed by atoms with Crippen molar-refractivity contribution in [3.8, 4) is 0 Å². The van der Waals surface area contributed by atoms with Crippen molar-refractivity contribution in [2.75, 3.05) is 24.3 Å². The average molecular weight is 486 g/mol. The molecule has 2 atom stereocenters. The van der Waals surface area contributed by atoms with Crippen molar-refractivity contribution in [3.63, 3.8) is 0 Å². The Kier molecular flexibility index (Phi) is 6.43. The number of alkyl halides is 1. The molecule has 1 saturated heterocycles. The lowest BCUT2D eigenvalue weighted by Gasteiger charge is -2.38. The van der Waals surface area contributed by atoms with E-state index in [-0.39, 0.29) is 64.2 Å². The van der Waals surface area contributed by atoms with E-state index < -0.39 is 22.9 Å². The zero-order valence-corrected chi connectivity index (χ0v) is 18.1. The van der Waals surface area contributed by atoms with Gasteiger partial charge in [0.05, 0.1) is 24.8 Å². The summed E-state index contributed by atoms with van der Waals surface area (Å²) in [5, 5.41) is 2.70. The topological polar surface area (TPSA) is 94.0 Å². The van der Waals surface area contributed by atoms with Gasteiger partial charge in [-0.1, -0.05) is 23.4 Å². The van der Waals surface area contributed by atoms with E-state index in [9.17, 15) is 9.18 Å². The van der Waals surface area contributed by atoms with Crippen LogP contribution in [0.3, 0.4) is 0 Å². The van der Waals surface area contributed by atoms with Gasteiger partial charge in [0.1, 0.15) is 11.5 Å². The minimum atomic E-state index is -1.94. The second-order valence-corrected chi connectivity index (χ2v) is 8.24. The highest BCUT2D eigenvalue weighted by atomic mass is 35.5. The van der Waals surface area contributed by atoms with Crippen molar-refractivity contribution >= 4 is 58.2 Å². The summed E-state index contributed by atoms with van der Waals surface area (Å²) in [6, 6.07) is 5.07. The lowest BCUT2D eigenvalue weighted by Crippen LogP contribution is -2.52. The summed E-state index contributed by atoms with van der Waals surface area (Å²) in [5.41, 5.74) is 2.45. The maximum absolute atomic E-state index is 15.6. The monoisotopic (exact) mass is 485 g/mol. The number of amides is 1. The molecule has 2 aliphatic rings. The number of thioether (sulfide) groups is 1. The van der Waals surface area contributed by atoms with Crippen molar-refractivity contribution in [3.05, 3.63) is 64.0 Å². The SMILES string of the molecule is Cl.[C-]#[N+]c1cnc(C(=O)Nc2ccc(F)c([C@]34COC[C@@]3(F)CSC(N)=N4)c2)c(Cl)c1. The van der Waals surface area contributed by atoms with Crippen molar-refractivity contribution < 1.29 is 18.3 Å². The molecule has 3 heterocycles. The number of ether oxygens (including phenoxy) is 1. The zero-order valence-electron chi connectivity index (χ0n) is 15.7. The minimum Gasteiger partial charge on any atom is -0.379 e. The number of rotatable bonds is 3. The number of anilines is 1. The van der Waals surface area contributed by atoms with E-state index in [0.29, 0.717) is 0 Å². The molecule has 7 nitrogen and oxygen atoms in total. The molecule has 2 aromatic rings. The first-order valence-corrected chi connectivity index (χ1v) is 10.0. The molecule has 4 rings (SSSR count). The Morgan fingerprint density at radius 1 is 1.39 bits per heavy atom. The largest absolute Gasteiger partial charge is 0.379 e. The summed E-state index contributed by atoms with van der Waals surface area (Å²) in [6.07, 6.45) is 1.22. The Morgan fingerprint density at radius 3 is 2.87 bits per heavy atom. The Balaban J connectivity index is 0.00000272. The predicted octanol–water partition coefficient (Wildman–Crippen LogP) is 4.09. The van der Waals surface area contributed by atoms with Gasteiger partial charge in [0, 0.05) is 23.2 Å². The summed E-state index contributed by atoms with van der Waals surface area (Å²) in [7, 11) is 0. The minimum absolute atomic E-state index is 0. The van der Waals surface area contributed by atoms with E-state index in [4.69, 9.17) is 28.6 Å². The fourth-order valence-electron chi connectivity index (χ4n) is 3.46. The van der Waals surface area contributed by atoms with Crippen LogP contribution in [0.15, 0.2) is 35.5 Å². The third kappa shape index (κ3) is 3.94. The first kappa shape index (κ1) is 23.2. The molecule has 1 aromatic carbocycles. The van der Waals surface area contributed by atoms with E-state index in [1.54, 1.807) is 0 Å². The lowest BCUT2D eigenvalue weighted by molar-refractivity contribution is 0.102. The highest BCUT2D eigenvalue weighted by Crippen LogP contribution is 2.50. The van der Waals surface area contributed by atoms with Gasteiger partial charge in [-0.05, 0) is 24.3 Å². The van der Waals surface area contributed by atoms with Gasteiger partial charge in [-0.15, -0.1) is 12.4 Å². The Labute approximate surface area is 191 Å². The van der Waals surface area contributed by atoms with Crippen molar-refractivity contribution in [2.45, 2.75) is 11.2 Å². The quantitative estimate of drug-likeness (QED) is 0.638. The van der Waals surface area contributed by atoms with Gasteiger partial charge in [-0.3, -0.25) is 9.78 Å². The first-order valence-electron chi connectivity index (χ1n) is 8.67. The zero-order chi connectivity index (χ0) is 21.5. The fraction of sp³-hybridized carbons (Fsp3) is 0.263. The van der Waals surface area contributed by atoms with Crippen molar-refractivity contribution in [2.24, 2.45) is 10.7 Å². The van der Waals surface area contributed by atoms with Crippen molar-refractivity contribution in [1.82, 2.24) is 4.98 Å². The number of nitrogens with two attached hydrogens (primary N) is 1. The van der Waals surface area contributed by atoms with Gasteiger partial charge in [-0.2, -0.15) is 0 Å². The van der Waals surface area contributed by atoms with Crippen LogP contribution in [0, 0.1) is 12.4 Å². The van der Waals surface area contributed by atoms with Gasteiger partial charge in [-0.25, -0.2) is 18.6 Å². The number of carbonyl (C=O) groups is 1. The van der Waals surface area contributed by atoms with Crippen LogP contribution < -0.4 is 11.1 Å². The molecule has 1 fully saturated rings. The summed E-state index contributed by atoms with van der Waals surface area (Å²) in [5.74, 6) is -1.38. The molecule has 0 radical (unpaired) electrons. The summed E-state index contributed by atoms with van der Waals surface area (Å²) in [4.78, 5) is 23.9. The normalized spacial score (nSPS) is 24.4. The Bertz CT molecular complexity index is 1130. The van der Waals surface area contributed by atoms with E-state index in [1.165, 1.54) is 24.4 Å². The maximum atomic E-state index is 15.6. The second-order valence-electron chi connectivity index (χ2n) is 6.84. The number of aromatic nitrogens is 1. The number of hydrogen-bond acceptors (Lipinski definition) is 6. The summed E-state index contributed by atoms with van der Waals surface area (Å²) < 4.78 is 35.7. The van der Waals surface area contributed by atoms with Crippen LogP contribution in [-0.4, -0.2) is 40.7 Å². The summed E-state index contributed by atoms with van der Waals surface area (Å²) >= 11 is 7.07. The molecular weight excluding hydrogens is 471 g/mol. The number of amidine groups is 1. The van der Waals surface area contributed by atoms with Gasteiger partial charge < -0.3 is 15.8 Å². The molecule has 0 bridgehead atoms. The third-order valence-corrected chi connectivity index (χ3v) is 6.25. The number of carbonyl (C=O) groups excluding carboxylic acids is 1. The number of benzene rings is 1. The smallest absolute Gasteiger partial charge is 0.275 e. The fourth-order valence-corrected chi connectivity index (χ4v) is 4.62. The Hall–Kier alpha value is -2.45. The number of nitrogens with one attached hydrogen (secondary N) is 1. The summed E-state index contributed by atoms with van der Waals surface area (Å²) in [6.45, 7) is 6.54. The van der Waals surface area contributed by atoms with E-state index in [2.05, 4.69) is 20.1 Å². The molecule has 162 valence electrons. The molecule has 0 spiro atoms. The molecule has 31 heavy (non-hydrogen) atoms. The molecular formula is C19H15Cl2F2N5O2S. The predicted molar refractivity (Wildman–Crippen MR) is 118 cm³/mol. The first-order chi connectivity index (χ1) is 14.3. The van der Waals surface area contributed by atoms with E-state index in [1.807, 2.05) is 0 Å². The van der Waals surface area contributed by atoms with Gasteiger partial charge in [0.2, 0.25) is 5.69 Å². The number of aliphatic imine (C=N–C) groups is 1. The molecule has 0 aliphatic carbocycles. The van der Waals surface area contributed by atoms with Crippen LogP contribution in [0.4, 0.5) is 20.2 Å². The number of fused-ring (bicyclic) bond motifs is 1. The molecule has 3 N–H and O–H groups in total. The number of halogens is 4. The number of pyridine rings is 1. The molecule has 1 aromatic heterocycles. The maximum Gasteiger partial charge on any atom is 0.275 e. The van der Waals surface area contributed by atoms with Crippen LogP contribution in [-0.2, 0) is 10.3 Å². The molecule has 2 aliphatic heterocycles. The molecule has 0 saturated carbocycles. The van der Waals surface area contributed by atoms with Gasteiger partial charge in [0.25, 0.3) is 5.91 Å². The van der Waals surface area contributed by atoms with E-state index in [0.717, 1.165) is 17.8 Å². The van der Waals surface area contributed by atoms with Crippen LogP contribution >= 0.6 is 35.8 Å². The third-order valence-electron chi connectivity index (χ3n) is 4.97. The molecule has 0 unspecified atom stereocenters. The van der Waals surface area contributed by atoms with Gasteiger partial charge >= 0.3 is 0 Å². The number of nitrogens with zero attached hydrogens (tertiary/aromatic N) is 3. The second kappa shape index (κ2) is 8.59. The van der Waals surface area contributed by atoms with Crippen LogP contribution in [0.25, 0.3) is 4.85 Å². The Morgan fingerprint density at radius 2 is 2.16 bits per heavy atom. The van der Waals surface area contributed by atoms with Gasteiger partial charge in [0.15, 0.2) is 16.4 Å². The average Bonchev–Trinajstić information content (AvgIpc) is 3.06. The highest BCUT2D eigenvalue weighted by Gasteiger charge is 2.61. The van der Waals surface area contributed by atoms with Crippen molar-refractivity contribution in [1.29, 1.82) is 0 Å². The molecule has 1 amide bonds. The standard InChI is InChI=1S/C19H14ClF2N5O2S.ClH/c1-24-11-5-13(20)15(25-6-11)16(28)26-10-2-3-14(21)12(4-10)19-8-29-7-18(19,22)9-30-17(23)27-19;/h2-6H,7-9H2,(H2,23,27)(H,26,28);1H/t18-,19-;/m1./s1. The number of hydrogen-bond donors (Lipinski definition) is 2. The van der Waals surface area contributed by atoms with Crippen LogP contribution in [0.1, 0.15) is 16.1 Å².